The number of halogens is 2. The Bertz CT molecular complexity index is 578. The minimum absolute atomic E-state index is 0.252. The van der Waals surface area contributed by atoms with Crippen molar-refractivity contribution in [2.45, 2.75) is 19.4 Å². The summed E-state index contributed by atoms with van der Waals surface area (Å²) in [6.45, 7) is 2.01. The number of nitrogens with one attached hydrogen (secondary N) is 1. The molecule has 1 aromatic carbocycles. The Kier molecular flexibility index (Phi) is 4.81. The molecule has 0 radical (unpaired) electrons. The fraction of sp³-hybridized carbons (Fsp3) is 0.357. The van der Waals surface area contributed by atoms with Crippen LogP contribution in [-0.4, -0.2) is 16.8 Å². The third-order valence-electron chi connectivity index (χ3n) is 3.29. The fourth-order valence-corrected chi connectivity index (χ4v) is 3.28. The SMILES string of the molecule is CNC(Cc1c(Br)c(C)nn1C)c1ccccc1Br. The molecule has 1 heterocycles. The van der Waals surface area contributed by atoms with E-state index in [1.807, 2.05) is 31.8 Å². The largest absolute Gasteiger partial charge is 0.313 e. The first-order chi connectivity index (χ1) is 9.04. The lowest BCUT2D eigenvalue weighted by atomic mass is 10.0. The van der Waals surface area contributed by atoms with Crippen molar-refractivity contribution >= 4 is 31.9 Å². The van der Waals surface area contributed by atoms with Crippen LogP contribution in [0.25, 0.3) is 0 Å². The lowest BCUT2D eigenvalue weighted by Crippen LogP contribution is -2.20. The Labute approximate surface area is 130 Å². The van der Waals surface area contributed by atoms with Crippen LogP contribution in [0.4, 0.5) is 0 Å². The highest BCUT2D eigenvalue weighted by Gasteiger charge is 2.18. The van der Waals surface area contributed by atoms with Gasteiger partial charge in [-0.25, -0.2) is 0 Å². The summed E-state index contributed by atoms with van der Waals surface area (Å²) in [7, 11) is 3.97. The van der Waals surface area contributed by atoms with Gasteiger partial charge in [0, 0.05) is 24.0 Å². The van der Waals surface area contributed by atoms with Gasteiger partial charge in [-0.2, -0.15) is 5.10 Å². The van der Waals surface area contributed by atoms with Gasteiger partial charge in [-0.05, 0) is 41.5 Å². The van der Waals surface area contributed by atoms with Crippen LogP contribution in [0.2, 0.25) is 0 Å². The van der Waals surface area contributed by atoms with Crippen LogP contribution in [-0.2, 0) is 13.5 Å². The number of hydrogen-bond acceptors (Lipinski definition) is 2. The van der Waals surface area contributed by atoms with Crippen LogP contribution in [0.1, 0.15) is 23.0 Å². The highest BCUT2D eigenvalue weighted by Crippen LogP contribution is 2.29. The van der Waals surface area contributed by atoms with Crippen LogP contribution in [0, 0.1) is 6.92 Å². The molecule has 0 aliphatic rings. The number of hydrogen-bond donors (Lipinski definition) is 1. The van der Waals surface area contributed by atoms with Crippen molar-refractivity contribution in [3.63, 3.8) is 0 Å². The van der Waals surface area contributed by atoms with E-state index >= 15 is 0 Å². The molecule has 1 aromatic heterocycles. The van der Waals surface area contributed by atoms with E-state index in [1.54, 1.807) is 0 Å². The molecule has 0 aliphatic carbocycles. The van der Waals surface area contributed by atoms with Gasteiger partial charge in [0.25, 0.3) is 0 Å². The molecule has 1 N–H and O–H groups in total. The zero-order chi connectivity index (χ0) is 14.0. The molecule has 19 heavy (non-hydrogen) atoms. The van der Waals surface area contributed by atoms with Crippen LogP contribution in [0.15, 0.2) is 33.2 Å². The Hall–Kier alpha value is -0.650. The van der Waals surface area contributed by atoms with Crippen LogP contribution >= 0.6 is 31.9 Å². The van der Waals surface area contributed by atoms with E-state index in [2.05, 4.69) is 60.5 Å². The van der Waals surface area contributed by atoms with Crippen molar-refractivity contribution in [1.29, 1.82) is 0 Å². The van der Waals surface area contributed by atoms with Gasteiger partial charge in [0.2, 0.25) is 0 Å². The number of aryl methyl sites for hydroxylation is 2. The summed E-state index contributed by atoms with van der Waals surface area (Å²) in [6, 6.07) is 8.56. The second-order valence-corrected chi connectivity index (χ2v) is 6.18. The molecule has 1 atom stereocenters. The summed E-state index contributed by atoms with van der Waals surface area (Å²) in [4.78, 5) is 0. The second-order valence-electron chi connectivity index (χ2n) is 4.54. The van der Waals surface area contributed by atoms with Gasteiger partial charge in [0.1, 0.15) is 0 Å². The standard InChI is InChI=1S/C14H17Br2N3/c1-9-14(16)13(19(3)18-9)8-12(17-2)10-6-4-5-7-11(10)15/h4-7,12,17H,8H2,1-3H3. The molecular formula is C14H17Br2N3. The molecule has 5 heteroatoms. The van der Waals surface area contributed by atoms with Gasteiger partial charge < -0.3 is 5.32 Å². The summed E-state index contributed by atoms with van der Waals surface area (Å²) >= 11 is 7.25. The molecule has 0 saturated heterocycles. The number of benzene rings is 1. The fourth-order valence-electron chi connectivity index (χ4n) is 2.22. The molecule has 0 aliphatic heterocycles. The lowest BCUT2D eigenvalue weighted by molar-refractivity contribution is 0.558. The molecular weight excluding hydrogens is 370 g/mol. The second kappa shape index (κ2) is 6.20. The predicted molar refractivity (Wildman–Crippen MR) is 85.3 cm³/mol. The van der Waals surface area contributed by atoms with Crippen molar-refractivity contribution in [3.8, 4) is 0 Å². The maximum Gasteiger partial charge on any atom is 0.0738 e. The minimum Gasteiger partial charge on any atom is -0.313 e. The summed E-state index contributed by atoms with van der Waals surface area (Å²) in [5.74, 6) is 0. The molecule has 0 fully saturated rings. The molecule has 1 unspecified atom stereocenters. The van der Waals surface area contributed by atoms with Crippen molar-refractivity contribution in [2.24, 2.45) is 7.05 Å². The average Bonchev–Trinajstić information content (AvgIpc) is 2.63. The Morgan fingerprint density at radius 1 is 1.32 bits per heavy atom. The first-order valence-electron chi connectivity index (χ1n) is 6.14. The van der Waals surface area contributed by atoms with Crippen molar-refractivity contribution in [1.82, 2.24) is 15.1 Å². The van der Waals surface area contributed by atoms with Crippen molar-refractivity contribution in [3.05, 3.63) is 50.2 Å². The third kappa shape index (κ3) is 3.09. The summed E-state index contributed by atoms with van der Waals surface area (Å²) in [6.07, 6.45) is 0.886. The van der Waals surface area contributed by atoms with E-state index in [-0.39, 0.29) is 6.04 Å². The minimum atomic E-state index is 0.252. The lowest BCUT2D eigenvalue weighted by Gasteiger charge is -2.18. The molecule has 0 bridgehead atoms. The van der Waals surface area contributed by atoms with Crippen LogP contribution in [0.3, 0.4) is 0 Å². The quantitative estimate of drug-likeness (QED) is 0.866. The Balaban J connectivity index is 2.32. The zero-order valence-electron chi connectivity index (χ0n) is 11.2. The highest BCUT2D eigenvalue weighted by atomic mass is 79.9. The van der Waals surface area contributed by atoms with E-state index in [4.69, 9.17) is 0 Å². The summed E-state index contributed by atoms with van der Waals surface area (Å²) in [5, 5.41) is 7.82. The van der Waals surface area contributed by atoms with Crippen LogP contribution in [0.5, 0.6) is 0 Å². The van der Waals surface area contributed by atoms with E-state index < -0.39 is 0 Å². The Morgan fingerprint density at radius 2 is 2.00 bits per heavy atom. The monoisotopic (exact) mass is 385 g/mol. The number of nitrogens with zero attached hydrogens (tertiary/aromatic N) is 2. The molecule has 0 amide bonds. The van der Waals surface area contributed by atoms with Crippen molar-refractivity contribution < 1.29 is 0 Å². The number of likely N-dealkylation sites (N-methyl/N-ethyl adjacent to an activating group) is 1. The van der Waals surface area contributed by atoms with Gasteiger partial charge in [-0.15, -0.1) is 0 Å². The topological polar surface area (TPSA) is 29.9 Å². The Morgan fingerprint density at radius 3 is 2.53 bits per heavy atom. The average molecular weight is 387 g/mol. The number of rotatable bonds is 4. The van der Waals surface area contributed by atoms with E-state index in [0.29, 0.717) is 0 Å². The molecule has 2 aromatic rings. The summed E-state index contributed by atoms with van der Waals surface area (Å²) < 4.78 is 4.17. The summed E-state index contributed by atoms with van der Waals surface area (Å²) in [5.41, 5.74) is 3.49. The smallest absolute Gasteiger partial charge is 0.0738 e. The van der Waals surface area contributed by atoms with Gasteiger partial charge in [0.05, 0.1) is 15.9 Å². The molecule has 102 valence electrons. The third-order valence-corrected chi connectivity index (χ3v) is 5.04. The highest BCUT2D eigenvalue weighted by molar-refractivity contribution is 9.10. The number of aromatic nitrogens is 2. The molecule has 0 saturated carbocycles. The normalized spacial score (nSPS) is 12.7. The zero-order valence-corrected chi connectivity index (χ0v) is 14.4. The maximum atomic E-state index is 4.44. The predicted octanol–water partition coefficient (Wildman–Crippen LogP) is 3.76. The van der Waals surface area contributed by atoms with E-state index in [0.717, 1.165) is 21.1 Å². The molecule has 3 nitrogen and oxygen atoms in total. The van der Waals surface area contributed by atoms with E-state index in [9.17, 15) is 0 Å². The first-order valence-corrected chi connectivity index (χ1v) is 7.72. The van der Waals surface area contributed by atoms with E-state index in [1.165, 1.54) is 11.3 Å². The maximum absolute atomic E-state index is 4.44. The molecule has 2 rings (SSSR count). The van der Waals surface area contributed by atoms with Gasteiger partial charge in [0.15, 0.2) is 0 Å². The first kappa shape index (κ1) is 14.8. The van der Waals surface area contributed by atoms with Gasteiger partial charge in [-0.1, -0.05) is 34.1 Å². The van der Waals surface area contributed by atoms with Crippen LogP contribution < -0.4 is 5.32 Å². The van der Waals surface area contributed by atoms with Gasteiger partial charge >= 0.3 is 0 Å². The van der Waals surface area contributed by atoms with Crippen molar-refractivity contribution in [2.75, 3.05) is 7.05 Å². The van der Waals surface area contributed by atoms with Gasteiger partial charge in [-0.3, -0.25) is 4.68 Å². The molecule has 0 spiro atoms.